The molecule has 0 fully saturated rings. The Hall–Kier alpha value is -5.22. The second-order valence-corrected chi connectivity index (χ2v) is 16.6. The molecule has 8 aromatic rings. The van der Waals surface area contributed by atoms with Gasteiger partial charge in [0, 0.05) is 44.3 Å². The quantitative estimate of drug-likeness (QED) is 0.185. The van der Waals surface area contributed by atoms with Gasteiger partial charge in [-0.2, -0.15) is 0 Å². The number of aryl methyl sites for hydroxylation is 2. The number of benzene rings is 4. The van der Waals surface area contributed by atoms with Gasteiger partial charge in [0.25, 0.3) is 0 Å². The van der Waals surface area contributed by atoms with Crippen LogP contribution < -0.4 is 0 Å². The molecule has 4 aromatic carbocycles. The van der Waals surface area contributed by atoms with E-state index in [0.29, 0.717) is 0 Å². The standard InChI is InChI=1S/C46H46N4/c1-29-21-33(49-41-15-11-9-13-37(41)39-23-31(25-45(3,4)5)47-27-43(39)49)17-19-35(29)36-20-18-34(22-30(36)2)50-42-16-12-10-14-38(42)40-24-32(26-46(6,7)8)48-28-44(40)50/h9-24,27-28H,25-26H2,1-8H3. The van der Waals surface area contributed by atoms with Crippen molar-refractivity contribution in [2.45, 2.75) is 68.2 Å². The molecule has 0 atom stereocenters. The number of rotatable bonds is 5. The van der Waals surface area contributed by atoms with Crippen LogP contribution in [-0.2, 0) is 12.8 Å². The summed E-state index contributed by atoms with van der Waals surface area (Å²) in [6, 6.07) is 35.8. The van der Waals surface area contributed by atoms with E-state index in [1.165, 1.54) is 54.8 Å². The summed E-state index contributed by atoms with van der Waals surface area (Å²) < 4.78 is 4.74. The summed E-state index contributed by atoms with van der Waals surface area (Å²) >= 11 is 0. The number of hydrogen-bond acceptors (Lipinski definition) is 2. The molecule has 4 heteroatoms. The lowest BCUT2D eigenvalue weighted by Gasteiger charge is -2.17. The average Bonchev–Trinajstić information content (AvgIpc) is 3.56. The van der Waals surface area contributed by atoms with Crippen molar-refractivity contribution in [3.63, 3.8) is 0 Å². The topological polar surface area (TPSA) is 35.6 Å². The molecule has 4 nitrogen and oxygen atoms in total. The first-order valence-electron chi connectivity index (χ1n) is 17.8. The molecule has 0 radical (unpaired) electrons. The Balaban J connectivity index is 1.19. The van der Waals surface area contributed by atoms with Gasteiger partial charge in [-0.1, -0.05) is 90.1 Å². The first-order chi connectivity index (χ1) is 23.8. The maximum atomic E-state index is 4.93. The zero-order valence-electron chi connectivity index (χ0n) is 30.6. The number of fused-ring (bicyclic) bond motifs is 6. The van der Waals surface area contributed by atoms with Crippen LogP contribution in [0.15, 0.2) is 109 Å². The summed E-state index contributed by atoms with van der Waals surface area (Å²) in [6.45, 7) is 18.1. The van der Waals surface area contributed by atoms with E-state index in [4.69, 9.17) is 9.97 Å². The molecule has 250 valence electrons. The normalized spacial score (nSPS) is 12.6. The van der Waals surface area contributed by atoms with Crippen LogP contribution in [0.2, 0.25) is 0 Å². The third-order valence-corrected chi connectivity index (χ3v) is 9.88. The highest BCUT2D eigenvalue weighted by Crippen LogP contribution is 2.37. The van der Waals surface area contributed by atoms with Gasteiger partial charge in [0.05, 0.1) is 34.5 Å². The molecule has 4 heterocycles. The van der Waals surface area contributed by atoms with Gasteiger partial charge in [-0.15, -0.1) is 0 Å². The Morgan fingerprint density at radius 1 is 0.460 bits per heavy atom. The second kappa shape index (κ2) is 11.7. The van der Waals surface area contributed by atoms with Gasteiger partial charge in [-0.25, -0.2) is 0 Å². The maximum absolute atomic E-state index is 4.93. The van der Waals surface area contributed by atoms with E-state index in [0.717, 1.165) is 46.6 Å². The third-order valence-electron chi connectivity index (χ3n) is 9.88. The lowest BCUT2D eigenvalue weighted by Crippen LogP contribution is -2.10. The lowest BCUT2D eigenvalue weighted by molar-refractivity contribution is 0.406. The third kappa shape index (κ3) is 5.67. The maximum Gasteiger partial charge on any atom is 0.0724 e. The summed E-state index contributed by atoms with van der Waals surface area (Å²) in [5.74, 6) is 0. The van der Waals surface area contributed by atoms with Crippen LogP contribution >= 0.6 is 0 Å². The van der Waals surface area contributed by atoms with E-state index in [9.17, 15) is 0 Å². The van der Waals surface area contributed by atoms with Crippen molar-refractivity contribution in [3.8, 4) is 22.5 Å². The molecule has 50 heavy (non-hydrogen) atoms. The van der Waals surface area contributed by atoms with E-state index in [1.54, 1.807) is 0 Å². The van der Waals surface area contributed by atoms with Gasteiger partial charge in [0.1, 0.15) is 0 Å². The number of nitrogens with zero attached hydrogens (tertiary/aromatic N) is 4. The summed E-state index contributed by atoms with van der Waals surface area (Å²) in [4.78, 5) is 9.86. The molecule has 4 aromatic heterocycles. The highest BCUT2D eigenvalue weighted by atomic mass is 15.0. The minimum atomic E-state index is 0.180. The molecule has 0 aliphatic carbocycles. The molecule has 0 bridgehead atoms. The van der Waals surface area contributed by atoms with Gasteiger partial charge >= 0.3 is 0 Å². The Bertz CT molecular complexity index is 2400. The van der Waals surface area contributed by atoms with Crippen LogP contribution in [0.1, 0.15) is 64.1 Å². The van der Waals surface area contributed by atoms with Crippen LogP contribution in [0.3, 0.4) is 0 Å². The molecule has 0 aliphatic heterocycles. The largest absolute Gasteiger partial charge is 0.308 e. The van der Waals surface area contributed by atoms with Gasteiger partial charge in [-0.3, -0.25) is 9.97 Å². The summed E-state index contributed by atoms with van der Waals surface area (Å²) in [6.07, 6.45) is 6.02. The number of hydrogen-bond donors (Lipinski definition) is 0. The first kappa shape index (κ1) is 32.0. The Labute approximate surface area is 295 Å². The fourth-order valence-electron chi connectivity index (χ4n) is 7.84. The molecular weight excluding hydrogens is 609 g/mol. The van der Waals surface area contributed by atoms with E-state index in [-0.39, 0.29) is 10.8 Å². The fraction of sp³-hybridized carbons (Fsp3) is 0.261. The van der Waals surface area contributed by atoms with Crippen molar-refractivity contribution < 1.29 is 0 Å². The summed E-state index contributed by atoms with van der Waals surface area (Å²) in [5.41, 5.74) is 14.6. The molecule has 0 saturated carbocycles. The Kier molecular flexibility index (Phi) is 7.49. The fourth-order valence-corrected chi connectivity index (χ4v) is 7.84. The van der Waals surface area contributed by atoms with Crippen molar-refractivity contribution in [1.82, 2.24) is 19.1 Å². The molecule has 0 unspecified atom stereocenters. The molecule has 0 saturated heterocycles. The zero-order chi connectivity index (χ0) is 34.9. The predicted molar refractivity (Wildman–Crippen MR) is 212 cm³/mol. The molecule has 8 rings (SSSR count). The van der Waals surface area contributed by atoms with Gasteiger partial charge in [0.2, 0.25) is 0 Å². The molecule has 0 N–H and O–H groups in total. The second-order valence-electron chi connectivity index (χ2n) is 16.6. The van der Waals surface area contributed by atoms with Crippen LogP contribution in [0.25, 0.3) is 66.1 Å². The Morgan fingerprint density at radius 2 is 0.860 bits per heavy atom. The molecule has 0 spiro atoms. The van der Waals surface area contributed by atoms with Crippen molar-refractivity contribution >= 4 is 43.6 Å². The van der Waals surface area contributed by atoms with Crippen LogP contribution in [0.4, 0.5) is 0 Å². The summed E-state index contributed by atoms with van der Waals surface area (Å²) in [7, 11) is 0. The molecule has 0 amide bonds. The van der Waals surface area contributed by atoms with Crippen molar-refractivity contribution in [2.24, 2.45) is 10.8 Å². The SMILES string of the molecule is Cc1cc(-n2c3ccccc3c3cc(CC(C)(C)C)ncc32)ccc1-c1ccc(-n2c3ccccc3c3cc(CC(C)(C)C)ncc32)cc1C. The van der Waals surface area contributed by atoms with Gasteiger partial charge in [-0.05, 0) is 108 Å². The highest BCUT2D eigenvalue weighted by molar-refractivity contribution is 6.10. The van der Waals surface area contributed by atoms with E-state index >= 15 is 0 Å². The monoisotopic (exact) mass is 654 g/mol. The molecule has 0 aliphatic rings. The van der Waals surface area contributed by atoms with Crippen LogP contribution in [-0.4, -0.2) is 19.1 Å². The number of aromatic nitrogens is 4. The predicted octanol–water partition coefficient (Wildman–Crippen LogP) is 12.1. The molecular formula is C46H46N4. The number of para-hydroxylation sites is 2. The van der Waals surface area contributed by atoms with Crippen molar-refractivity contribution in [3.05, 3.63) is 132 Å². The zero-order valence-corrected chi connectivity index (χ0v) is 30.6. The first-order valence-corrected chi connectivity index (χ1v) is 17.8. The average molecular weight is 655 g/mol. The van der Waals surface area contributed by atoms with E-state index < -0.39 is 0 Å². The minimum Gasteiger partial charge on any atom is -0.308 e. The summed E-state index contributed by atoms with van der Waals surface area (Å²) in [5, 5.41) is 5.04. The number of pyridine rings is 2. The van der Waals surface area contributed by atoms with Gasteiger partial charge < -0.3 is 9.13 Å². The minimum absolute atomic E-state index is 0.180. The lowest BCUT2D eigenvalue weighted by atomic mass is 9.90. The van der Waals surface area contributed by atoms with Gasteiger partial charge in [0.15, 0.2) is 0 Å². The van der Waals surface area contributed by atoms with Crippen LogP contribution in [0, 0.1) is 24.7 Å². The van der Waals surface area contributed by atoms with E-state index in [2.05, 4.69) is 174 Å². The van der Waals surface area contributed by atoms with Crippen molar-refractivity contribution in [2.75, 3.05) is 0 Å². The van der Waals surface area contributed by atoms with Crippen molar-refractivity contribution in [1.29, 1.82) is 0 Å². The highest BCUT2D eigenvalue weighted by Gasteiger charge is 2.19. The van der Waals surface area contributed by atoms with Crippen LogP contribution in [0.5, 0.6) is 0 Å². The van der Waals surface area contributed by atoms with E-state index in [1.807, 2.05) is 0 Å². The smallest absolute Gasteiger partial charge is 0.0724 e. The Morgan fingerprint density at radius 3 is 1.24 bits per heavy atom.